The van der Waals surface area contributed by atoms with Gasteiger partial charge in [0.1, 0.15) is 12.4 Å². The minimum absolute atomic E-state index is 0.0156. The molecule has 154 valence electrons. The largest absolute Gasteiger partial charge is 0.490 e. The molecule has 0 spiro atoms. The third-order valence-electron chi connectivity index (χ3n) is 5.39. The minimum Gasteiger partial charge on any atom is -0.490 e. The zero-order valence-corrected chi connectivity index (χ0v) is 17.7. The van der Waals surface area contributed by atoms with Crippen molar-refractivity contribution in [2.75, 3.05) is 30.3 Å². The standard InChI is InChI=1S/C22H32N2O3S/c1-17-8-9-20-19(16-17)24(13-14-27-20)22(26)11-10-21(25)23-12-5-15-28-18-6-3-2-4-7-18/h8-9,16,18H,2-7,10-15H2,1H3,(H,23,25). The van der Waals surface area contributed by atoms with Gasteiger partial charge in [-0.15, -0.1) is 0 Å². The number of amides is 2. The van der Waals surface area contributed by atoms with Crippen LogP contribution in [0.1, 0.15) is 56.9 Å². The van der Waals surface area contributed by atoms with Gasteiger partial charge in [-0.1, -0.05) is 25.3 Å². The van der Waals surface area contributed by atoms with Crippen molar-refractivity contribution in [2.24, 2.45) is 0 Å². The molecule has 2 amide bonds. The molecule has 0 aromatic heterocycles. The predicted molar refractivity (Wildman–Crippen MR) is 115 cm³/mol. The Morgan fingerprint density at radius 3 is 2.86 bits per heavy atom. The van der Waals surface area contributed by atoms with Crippen molar-refractivity contribution in [1.29, 1.82) is 0 Å². The van der Waals surface area contributed by atoms with Crippen LogP contribution in [0.2, 0.25) is 0 Å². The first kappa shape index (κ1) is 21.0. The number of rotatable bonds is 8. The number of ether oxygens (including phenoxy) is 1. The number of fused-ring (bicyclic) bond motifs is 1. The van der Waals surface area contributed by atoms with Gasteiger partial charge >= 0.3 is 0 Å². The number of carbonyl (C=O) groups excluding carboxylic acids is 2. The average molecular weight is 405 g/mol. The van der Waals surface area contributed by atoms with Crippen molar-refractivity contribution in [3.63, 3.8) is 0 Å². The summed E-state index contributed by atoms with van der Waals surface area (Å²) in [6, 6.07) is 5.85. The number of nitrogens with zero attached hydrogens (tertiary/aromatic N) is 1. The molecule has 5 nitrogen and oxygen atoms in total. The zero-order chi connectivity index (χ0) is 19.8. The molecule has 6 heteroatoms. The topological polar surface area (TPSA) is 58.6 Å². The van der Waals surface area contributed by atoms with Gasteiger partial charge in [-0.3, -0.25) is 9.59 Å². The van der Waals surface area contributed by atoms with Gasteiger partial charge in [-0.05, 0) is 49.6 Å². The first-order valence-corrected chi connectivity index (χ1v) is 11.6. The van der Waals surface area contributed by atoms with Gasteiger partial charge in [0.15, 0.2) is 0 Å². The van der Waals surface area contributed by atoms with Crippen LogP contribution in [0.4, 0.5) is 5.69 Å². The Kier molecular flexibility index (Phi) is 8.07. The van der Waals surface area contributed by atoms with Gasteiger partial charge in [0.2, 0.25) is 11.8 Å². The second-order valence-corrected chi connectivity index (χ2v) is 9.11. The van der Waals surface area contributed by atoms with E-state index in [2.05, 4.69) is 17.1 Å². The first-order valence-electron chi connectivity index (χ1n) is 10.6. The maximum absolute atomic E-state index is 12.6. The summed E-state index contributed by atoms with van der Waals surface area (Å²) in [5.41, 5.74) is 1.90. The van der Waals surface area contributed by atoms with Gasteiger partial charge in [-0.25, -0.2) is 0 Å². The summed E-state index contributed by atoms with van der Waals surface area (Å²) in [6.07, 6.45) is 8.31. The van der Waals surface area contributed by atoms with E-state index in [0.717, 1.165) is 34.4 Å². The van der Waals surface area contributed by atoms with E-state index in [-0.39, 0.29) is 24.7 Å². The Hall–Kier alpha value is -1.69. The Morgan fingerprint density at radius 2 is 2.04 bits per heavy atom. The summed E-state index contributed by atoms with van der Waals surface area (Å²) >= 11 is 2.06. The third kappa shape index (κ3) is 6.16. The molecule has 0 radical (unpaired) electrons. The number of anilines is 1. The number of aryl methyl sites for hydroxylation is 1. The molecule has 1 aromatic carbocycles. The van der Waals surface area contributed by atoms with Crippen molar-refractivity contribution in [3.8, 4) is 5.75 Å². The van der Waals surface area contributed by atoms with E-state index in [1.807, 2.05) is 25.1 Å². The second-order valence-electron chi connectivity index (χ2n) is 7.70. The van der Waals surface area contributed by atoms with E-state index in [0.29, 0.717) is 19.7 Å². The smallest absolute Gasteiger partial charge is 0.227 e. The van der Waals surface area contributed by atoms with Crippen LogP contribution in [0.5, 0.6) is 5.75 Å². The number of hydrogen-bond acceptors (Lipinski definition) is 4. The summed E-state index contributed by atoms with van der Waals surface area (Å²) in [4.78, 5) is 26.4. The van der Waals surface area contributed by atoms with Crippen LogP contribution in [-0.4, -0.2) is 42.5 Å². The molecule has 3 rings (SSSR count). The first-order chi connectivity index (χ1) is 13.6. The third-order valence-corrected chi connectivity index (χ3v) is 6.86. The molecule has 1 fully saturated rings. The fraction of sp³-hybridized carbons (Fsp3) is 0.636. The number of carbonyl (C=O) groups is 2. The van der Waals surface area contributed by atoms with E-state index in [1.54, 1.807) is 4.90 Å². The number of thioether (sulfide) groups is 1. The fourth-order valence-corrected chi connectivity index (χ4v) is 5.12. The molecular weight excluding hydrogens is 372 g/mol. The molecule has 1 heterocycles. The van der Waals surface area contributed by atoms with Crippen molar-refractivity contribution in [1.82, 2.24) is 5.32 Å². The Labute approximate surface area is 172 Å². The summed E-state index contributed by atoms with van der Waals surface area (Å²) in [6.45, 7) is 3.73. The predicted octanol–water partition coefficient (Wildman–Crippen LogP) is 4.07. The lowest BCUT2D eigenvalue weighted by Crippen LogP contribution is -2.38. The molecule has 0 atom stereocenters. The molecule has 1 aromatic rings. The van der Waals surface area contributed by atoms with Crippen molar-refractivity contribution < 1.29 is 14.3 Å². The van der Waals surface area contributed by atoms with Crippen LogP contribution in [0.25, 0.3) is 0 Å². The molecule has 0 unspecified atom stereocenters. The van der Waals surface area contributed by atoms with E-state index in [4.69, 9.17) is 4.74 Å². The van der Waals surface area contributed by atoms with Gasteiger partial charge in [0.25, 0.3) is 0 Å². The van der Waals surface area contributed by atoms with Gasteiger partial charge in [-0.2, -0.15) is 11.8 Å². The van der Waals surface area contributed by atoms with Crippen LogP contribution in [0.15, 0.2) is 18.2 Å². The lowest BCUT2D eigenvalue weighted by atomic mass is 10.0. The van der Waals surface area contributed by atoms with E-state index in [9.17, 15) is 9.59 Å². The molecule has 2 aliphatic rings. The van der Waals surface area contributed by atoms with Crippen LogP contribution in [0.3, 0.4) is 0 Å². The van der Waals surface area contributed by atoms with Crippen LogP contribution in [0, 0.1) is 6.92 Å². The van der Waals surface area contributed by atoms with Gasteiger partial charge in [0, 0.05) is 24.6 Å². The Bertz CT molecular complexity index is 674. The van der Waals surface area contributed by atoms with E-state index in [1.165, 1.54) is 32.1 Å². The second kappa shape index (κ2) is 10.7. The normalized spacial score (nSPS) is 17.0. The molecule has 0 saturated heterocycles. The van der Waals surface area contributed by atoms with Crippen molar-refractivity contribution >= 4 is 29.3 Å². The van der Waals surface area contributed by atoms with Gasteiger partial charge in [0.05, 0.1) is 12.2 Å². The number of benzene rings is 1. The van der Waals surface area contributed by atoms with Gasteiger partial charge < -0.3 is 15.0 Å². The molecule has 1 N–H and O–H groups in total. The Morgan fingerprint density at radius 1 is 1.21 bits per heavy atom. The summed E-state index contributed by atoms with van der Waals surface area (Å²) in [5, 5.41) is 3.78. The van der Waals surface area contributed by atoms with Crippen molar-refractivity contribution in [3.05, 3.63) is 23.8 Å². The summed E-state index contributed by atoms with van der Waals surface area (Å²) < 4.78 is 5.63. The summed E-state index contributed by atoms with van der Waals surface area (Å²) in [7, 11) is 0. The Balaban J connectivity index is 1.33. The molecule has 1 aliphatic heterocycles. The molecule has 1 aliphatic carbocycles. The maximum Gasteiger partial charge on any atom is 0.227 e. The SMILES string of the molecule is Cc1ccc2c(c1)N(C(=O)CCC(=O)NCCCSC1CCCCC1)CCO2. The maximum atomic E-state index is 12.6. The van der Waals surface area contributed by atoms with E-state index >= 15 is 0 Å². The molecule has 28 heavy (non-hydrogen) atoms. The zero-order valence-electron chi connectivity index (χ0n) is 16.9. The monoisotopic (exact) mass is 404 g/mol. The van der Waals surface area contributed by atoms with Crippen LogP contribution < -0.4 is 15.0 Å². The highest BCUT2D eigenvalue weighted by Gasteiger charge is 2.24. The average Bonchev–Trinajstić information content (AvgIpc) is 2.72. The lowest BCUT2D eigenvalue weighted by molar-refractivity contribution is -0.125. The van der Waals surface area contributed by atoms with Crippen molar-refractivity contribution in [2.45, 2.75) is 63.5 Å². The molecular formula is C22H32N2O3S. The highest BCUT2D eigenvalue weighted by atomic mass is 32.2. The number of nitrogens with one attached hydrogen (secondary N) is 1. The molecule has 1 saturated carbocycles. The summed E-state index contributed by atoms with van der Waals surface area (Å²) in [5.74, 6) is 1.80. The minimum atomic E-state index is -0.0336. The lowest BCUT2D eigenvalue weighted by Gasteiger charge is -2.30. The van der Waals surface area contributed by atoms with Crippen LogP contribution >= 0.6 is 11.8 Å². The highest BCUT2D eigenvalue weighted by Crippen LogP contribution is 2.33. The number of hydrogen-bond donors (Lipinski definition) is 1. The quantitative estimate of drug-likeness (QED) is 0.664. The molecule has 0 bridgehead atoms. The highest BCUT2D eigenvalue weighted by molar-refractivity contribution is 7.99. The fourth-order valence-electron chi connectivity index (χ4n) is 3.81. The van der Waals surface area contributed by atoms with E-state index < -0.39 is 0 Å². The van der Waals surface area contributed by atoms with Crippen LogP contribution in [-0.2, 0) is 9.59 Å².